The second-order valence-electron chi connectivity index (χ2n) is 3.68. The average molecular weight is 258 g/mol. The Morgan fingerprint density at radius 2 is 2.00 bits per heavy atom. The maximum atomic E-state index is 12.1. The van der Waals surface area contributed by atoms with Gasteiger partial charge in [0.25, 0.3) is 5.91 Å². The Labute approximate surface area is 105 Å². The smallest absolute Gasteiger partial charge is 0.254 e. The van der Waals surface area contributed by atoms with Crippen LogP contribution in [0.5, 0.6) is 11.5 Å². The highest BCUT2D eigenvalue weighted by Crippen LogP contribution is 2.25. The third kappa shape index (κ3) is 3.53. The van der Waals surface area contributed by atoms with Gasteiger partial charge in [-0.1, -0.05) is 6.92 Å². The molecule has 0 heterocycles. The largest absolute Gasteiger partial charge is 0.504 e. The molecule has 0 spiro atoms. The fourth-order valence-corrected chi connectivity index (χ4v) is 1.73. The van der Waals surface area contributed by atoms with Crippen molar-refractivity contribution in [3.8, 4) is 11.5 Å². The standard InChI is InChI=1S/C12H16ClNO3/c1-2-6-14(7-5-13)12(17)9-3-4-10(15)11(16)8-9/h3-4,8,15-16H,2,5-7H2,1H3. The molecule has 1 rings (SSSR count). The van der Waals surface area contributed by atoms with Gasteiger partial charge in [0.15, 0.2) is 11.5 Å². The van der Waals surface area contributed by atoms with Gasteiger partial charge in [-0.25, -0.2) is 0 Å². The fourth-order valence-electron chi connectivity index (χ4n) is 1.53. The molecule has 94 valence electrons. The number of halogens is 1. The number of alkyl halides is 1. The highest BCUT2D eigenvalue weighted by atomic mass is 35.5. The molecule has 0 fully saturated rings. The predicted octanol–water partition coefficient (Wildman–Crippen LogP) is 2.19. The van der Waals surface area contributed by atoms with Gasteiger partial charge in [-0.3, -0.25) is 4.79 Å². The van der Waals surface area contributed by atoms with Gasteiger partial charge in [0, 0.05) is 24.5 Å². The van der Waals surface area contributed by atoms with Gasteiger partial charge < -0.3 is 15.1 Å². The molecule has 0 aliphatic heterocycles. The number of carbonyl (C=O) groups is 1. The number of carbonyl (C=O) groups excluding carboxylic acids is 1. The maximum Gasteiger partial charge on any atom is 0.254 e. The monoisotopic (exact) mass is 257 g/mol. The summed E-state index contributed by atoms with van der Waals surface area (Å²) in [7, 11) is 0. The summed E-state index contributed by atoms with van der Waals surface area (Å²) in [6.07, 6.45) is 0.840. The van der Waals surface area contributed by atoms with Crippen LogP contribution in [-0.4, -0.2) is 40.0 Å². The molecule has 17 heavy (non-hydrogen) atoms. The van der Waals surface area contributed by atoms with E-state index in [9.17, 15) is 15.0 Å². The van der Waals surface area contributed by atoms with Gasteiger partial charge in [0.1, 0.15) is 0 Å². The molecule has 2 N–H and O–H groups in total. The molecule has 1 aromatic rings. The van der Waals surface area contributed by atoms with E-state index in [1.54, 1.807) is 4.90 Å². The van der Waals surface area contributed by atoms with Crippen molar-refractivity contribution in [3.05, 3.63) is 23.8 Å². The summed E-state index contributed by atoms with van der Waals surface area (Å²) in [6.45, 7) is 3.06. The van der Waals surface area contributed by atoms with Gasteiger partial charge in [-0.05, 0) is 24.6 Å². The van der Waals surface area contributed by atoms with E-state index in [1.807, 2.05) is 6.92 Å². The number of phenols is 2. The Morgan fingerprint density at radius 3 is 2.53 bits per heavy atom. The van der Waals surface area contributed by atoms with Gasteiger partial charge in [-0.15, -0.1) is 11.6 Å². The van der Waals surface area contributed by atoms with Gasteiger partial charge in [0.2, 0.25) is 0 Å². The van der Waals surface area contributed by atoms with E-state index in [1.165, 1.54) is 18.2 Å². The van der Waals surface area contributed by atoms with Crippen LogP contribution in [0.15, 0.2) is 18.2 Å². The van der Waals surface area contributed by atoms with E-state index < -0.39 is 0 Å². The van der Waals surface area contributed by atoms with E-state index in [4.69, 9.17) is 11.6 Å². The van der Waals surface area contributed by atoms with E-state index in [0.29, 0.717) is 24.5 Å². The lowest BCUT2D eigenvalue weighted by Gasteiger charge is -2.21. The molecular weight excluding hydrogens is 242 g/mol. The predicted molar refractivity (Wildman–Crippen MR) is 66.7 cm³/mol. The highest BCUT2D eigenvalue weighted by Gasteiger charge is 2.15. The molecule has 1 amide bonds. The minimum absolute atomic E-state index is 0.192. The topological polar surface area (TPSA) is 60.8 Å². The normalized spacial score (nSPS) is 10.2. The molecule has 0 atom stereocenters. The Morgan fingerprint density at radius 1 is 1.29 bits per heavy atom. The summed E-state index contributed by atoms with van der Waals surface area (Å²) in [6, 6.07) is 4.04. The van der Waals surface area contributed by atoms with Gasteiger partial charge in [-0.2, -0.15) is 0 Å². The molecular formula is C12H16ClNO3. The van der Waals surface area contributed by atoms with Crippen LogP contribution in [-0.2, 0) is 0 Å². The molecule has 0 aliphatic carbocycles. The molecule has 0 bridgehead atoms. The van der Waals surface area contributed by atoms with Crippen molar-refractivity contribution in [1.82, 2.24) is 4.90 Å². The molecule has 0 aromatic heterocycles. The van der Waals surface area contributed by atoms with E-state index in [-0.39, 0.29) is 17.4 Å². The van der Waals surface area contributed by atoms with Crippen molar-refractivity contribution in [2.75, 3.05) is 19.0 Å². The van der Waals surface area contributed by atoms with E-state index >= 15 is 0 Å². The van der Waals surface area contributed by atoms with Crippen LogP contribution in [0.25, 0.3) is 0 Å². The molecule has 0 aliphatic rings. The van der Waals surface area contributed by atoms with E-state index in [0.717, 1.165) is 6.42 Å². The minimum Gasteiger partial charge on any atom is -0.504 e. The summed E-state index contributed by atoms with van der Waals surface area (Å²) in [5, 5.41) is 18.5. The van der Waals surface area contributed by atoms with Crippen molar-refractivity contribution >= 4 is 17.5 Å². The molecule has 1 aromatic carbocycles. The average Bonchev–Trinajstić information content (AvgIpc) is 2.31. The molecule has 5 heteroatoms. The Hall–Kier alpha value is -1.42. The van der Waals surface area contributed by atoms with Crippen molar-refractivity contribution in [2.45, 2.75) is 13.3 Å². The van der Waals surface area contributed by atoms with Gasteiger partial charge >= 0.3 is 0 Å². The zero-order valence-electron chi connectivity index (χ0n) is 9.69. The van der Waals surface area contributed by atoms with Crippen LogP contribution in [0.4, 0.5) is 0 Å². The SMILES string of the molecule is CCCN(CCCl)C(=O)c1ccc(O)c(O)c1. The van der Waals surface area contributed by atoms with Crippen molar-refractivity contribution in [1.29, 1.82) is 0 Å². The first-order valence-electron chi connectivity index (χ1n) is 5.47. The van der Waals surface area contributed by atoms with E-state index in [2.05, 4.69) is 0 Å². The second-order valence-corrected chi connectivity index (χ2v) is 4.06. The summed E-state index contributed by atoms with van der Waals surface area (Å²) in [5.41, 5.74) is 0.346. The summed E-state index contributed by atoms with van der Waals surface area (Å²) in [5.74, 6) is -0.350. The molecule has 0 saturated carbocycles. The van der Waals surface area contributed by atoms with Crippen molar-refractivity contribution in [3.63, 3.8) is 0 Å². The Balaban J connectivity index is 2.88. The molecule has 4 nitrogen and oxygen atoms in total. The summed E-state index contributed by atoms with van der Waals surface area (Å²) >= 11 is 5.64. The zero-order chi connectivity index (χ0) is 12.8. The lowest BCUT2D eigenvalue weighted by molar-refractivity contribution is 0.0765. The number of rotatable bonds is 5. The van der Waals surface area contributed by atoms with Crippen LogP contribution in [0.1, 0.15) is 23.7 Å². The van der Waals surface area contributed by atoms with Crippen LogP contribution >= 0.6 is 11.6 Å². The third-order valence-electron chi connectivity index (χ3n) is 2.36. The molecule has 0 saturated heterocycles. The Bertz CT molecular complexity index is 389. The van der Waals surface area contributed by atoms with Crippen LogP contribution in [0, 0.1) is 0 Å². The third-order valence-corrected chi connectivity index (χ3v) is 2.53. The number of phenolic OH excluding ortho intramolecular Hbond substituents is 2. The van der Waals surface area contributed by atoms with Crippen LogP contribution in [0.3, 0.4) is 0 Å². The van der Waals surface area contributed by atoms with Crippen molar-refractivity contribution < 1.29 is 15.0 Å². The fraction of sp³-hybridized carbons (Fsp3) is 0.417. The Kier molecular flexibility index (Phi) is 5.10. The lowest BCUT2D eigenvalue weighted by Crippen LogP contribution is -2.33. The summed E-state index contributed by atoms with van der Waals surface area (Å²) < 4.78 is 0. The quantitative estimate of drug-likeness (QED) is 0.628. The maximum absolute atomic E-state index is 12.1. The van der Waals surface area contributed by atoms with Gasteiger partial charge in [0.05, 0.1) is 0 Å². The number of hydrogen-bond donors (Lipinski definition) is 2. The van der Waals surface area contributed by atoms with Crippen LogP contribution in [0.2, 0.25) is 0 Å². The number of nitrogens with zero attached hydrogens (tertiary/aromatic N) is 1. The highest BCUT2D eigenvalue weighted by molar-refractivity contribution is 6.18. The number of aromatic hydroxyl groups is 2. The first-order valence-corrected chi connectivity index (χ1v) is 6.00. The number of amides is 1. The molecule has 0 radical (unpaired) electrons. The minimum atomic E-state index is -0.293. The number of hydrogen-bond acceptors (Lipinski definition) is 3. The zero-order valence-corrected chi connectivity index (χ0v) is 10.4. The number of benzene rings is 1. The second kappa shape index (κ2) is 6.35. The summed E-state index contributed by atoms with van der Waals surface area (Å²) in [4.78, 5) is 13.7. The van der Waals surface area contributed by atoms with Crippen LogP contribution < -0.4 is 0 Å². The van der Waals surface area contributed by atoms with Crippen molar-refractivity contribution in [2.24, 2.45) is 0 Å². The lowest BCUT2D eigenvalue weighted by atomic mass is 10.1. The first kappa shape index (κ1) is 13.6. The first-order chi connectivity index (χ1) is 8.10. The molecule has 0 unspecified atom stereocenters.